The third-order valence-corrected chi connectivity index (χ3v) is 3.62. The van der Waals surface area contributed by atoms with Crippen LogP contribution in [0.2, 0.25) is 10.4 Å². The number of rotatable bonds is 2. The van der Waals surface area contributed by atoms with Gasteiger partial charge in [-0.1, -0.05) is 11.6 Å². The number of carbonyl (C=O) groups excluding carboxylic acids is 2. The number of hydrogen-bond acceptors (Lipinski definition) is 5. The van der Waals surface area contributed by atoms with Crippen LogP contribution in [0, 0.1) is 0 Å². The number of piperazine rings is 1. The molecule has 7 nitrogen and oxygen atoms in total. The SMILES string of the molecule is CC(C)(C)OC(=O)N1CCN(Cc2cnc(Cl)nc2Cl)C(=O)C1. The molecule has 1 aliphatic heterocycles. The molecular weight excluding hydrogens is 343 g/mol. The van der Waals surface area contributed by atoms with E-state index in [1.165, 1.54) is 11.1 Å². The van der Waals surface area contributed by atoms with E-state index >= 15 is 0 Å². The zero-order chi connectivity index (χ0) is 17.2. The van der Waals surface area contributed by atoms with E-state index in [0.717, 1.165) is 0 Å². The van der Waals surface area contributed by atoms with Crippen LogP contribution in [-0.4, -0.2) is 57.0 Å². The number of carbonyl (C=O) groups is 2. The van der Waals surface area contributed by atoms with Gasteiger partial charge in [0.1, 0.15) is 17.3 Å². The summed E-state index contributed by atoms with van der Waals surface area (Å²) < 4.78 is 5.27. The highest BCUT2D eigenvalue weighted by atomic mass is 35.5. The van der Waals surface area contributed by atoms with Crippen molar-refractivity contribution in [3.63, 3.8) is 0 Å². The van der Waals surface area contributed by atoms with E-state index < -0.39 is 11.7 Å². The quantitative estimate of drug-likeness (QED) is 0.597. The maximum atomic E-state index is 12.2. The van der Waals surface area contributed by atoms with Crippen molar-refractivity contribution < 1.29 is 14.3 Å². The van der Waals surface area contributed by atoms with Crippen LogP contribution in [0.25, 0.3) is 0 Å². The van der Waals surface area contributed by atoms with Crippen LogP contribution in [0.4, 0.5) is 4.79 Å². The molecule has 2 rings (SSSR count). The minimum absolute atomic E-state index is 0.0268. The average molecular weight is 361 g/mol. The van der Waals surface area contributed by atoms with E-state index in [1.807, 2.05) is 0 Å². The van der Waals surface area contributed by atoms with Crippen LogP contribution in [-0.2, 0) is 16.1 Å². The molecule has 0 unspecified atom stereocenters. The van der Waals surface area contributed by atoms with Crippen molar-refractivity contribution in [2.45, 2.75) is 32.9 Å². The molecule has 23 heavy (non-hydrogen) atoms. The van der Waals surface area contributed by atoms with Crippen molar-refractivity contribution in [1.29, 1.82) is 0 Å². The summed E-state index contributed by atoms with van der Waals surface area (Å²) >= 11 is 11.6. The first-order valence-corrected chi connectivity index (χ1v) is 7.84. The van der Waals surface area contributed by atoms with Crippen LogP contribution in [0.1, 0.15) is 26.3 Å². The fourth-order valence-electron chi connectivity index (χ4n) is 2.04. The Morgan fingerprint density at radius 3 is 2.61 bits per heavy atom. The lowest BCUT2D eigenvalue weighted by Crippen LogP contribution is -2.52. The predicted molar refractivity (Wildman–Crippen MR) is 85.3 cm³/mol. The van der Waals surface area contributed by atoms with E-state index in [0.29, 0.717) is 18.7 Å². The van der Waals surface area contributed by atoms with Crippen molar-refractivity contribution in [3.05, 3.63) is 22.2 Å². The molecule has 1 aromatic heterocycles. The molecule has 2 heterocycles. The van der Waals surface area contributed by atoms with Crippen LogP contribution < -0.4 is 0 Å². The van der Waals surface area contributed by atoms with Gasteiger partial charge in [0.05, 0.1) is 6.54 Å². The summed E-state index contributed by atoms with van der Waals surface area (Å²) in [6, 6.07) is 0. The number of hydrogen-bond donors (Lipinski definition) is 0. The first-order chi connectivity index (χ1) is 10.7. The molecule has 0 aliphatic carbocycles. The Morgan fingerprint density at radius 1 is 1.35 bits per heavy atom. The summed E-state index contributed by atoms with van der Waals surface area (Å²) in [5.41, 5.74) is 0.0148. The standard InChI is InChI=1S/C14H18Cl2N4O3/c1-14(2,3)23-13(22)20-5-4-19(10(21)8-20)7-9-6-17-12(16)18-11(9)15/h6H,4-5,7-8H2,1-3H3. The number of aromatic nitrogens is 2. The average Bonchev–Trinajstić information content (AvgIpc) is 2.41. The third-order valence-electron chi connectivity index (χ3n) is 3.11. The first kappa shape index (κ1) is 17.7. The molecule has 0 saturated carbocycles. The molecule has 2 amide bonds. The Morgan fingerprint density at radius 2 is 2.04 bits per heavy atom. The van der Waals surface area contributed by atoms with E-state index in [1.54, 1.807) is 25.7 Å². The monoisotopic (exact) mass is 360 g/mol. The lowest BCUT2D eigenvalue weighted by molar-refractivity contribution is -0.136. The van der Waals surface area contributed by atoms with E-state index in [2.05, 4.69) is 9.97 Å². The highest BCUT2D eigenvalue weighted by Crippen LogP contribution is 2.18. The summed E-state index contributed by atoms with van der Waals surface area (Å²) in [4.78, 5) is 34.9. The van der Waals surface area contributed by atoms with Gasteiger partial charge in [-0.3, -0.25) is 9.69 Å². The maximum absolute atomic E-state index is 12.2. The Kier molecular flexibility index (Phi) is 5.31. The molecule has 9 heteroatoms. The second-order valence-electron chi connectivity index (χ2n) is 6.17. The number of halogens is 2. The van der Waals surface area contributed by atoms with Gasteiger partial charge in [0.15, 0.2) is 0 Å². The van der Waals surface area contributed by atoms with Crippen LogP contribution in [0.15, 0.2) is 6.20 Å². The molecule has 0 N–H and O–H groups in total. The zero-order valence-corrected chi connectivity index (χ0v) is 14.7. The summed E-state index contributed by atoms with van der Waals surface area (Å²) in [7, 11) is 0. The van der Waals surface area contributed by atoms with Gasteiger partial charge >= 0.3 is 6.09 Å². The molecular formula is C14H18Cl2N4O3. The van der Waals surface area contributed by atoms with Gasteiger partial charge in [-0.25, -0.2) is 14.8 Å². The Bertz CT molecular complexity index is 619. The van der Waals surface area contributed by atoms with Gasteiger partial charge in [0, 0.05) is 24.8 Å². The van der Waals surface area contributed by atoms with Crippen LogP contribution in [0.5, 0.6) is 0 Å². The Labute approximate surface area is 144 Å². The lowest BCUT2D eigenvalue weighted by atomic mass is 10.2. The van der Waals surface area contributed by atoms with Gasteiger partial charge in [0.25, 0.3) is 0 Å². The van der Waals surface area contributed by atoms with Crippen molar-refractivity contribution in [1.82, 2.24) is 19.8 Å². The van der Waals surface area contributed by atoms with Gasteiger partial charge < -0.3 is 9.64 Å². The summed E-state index contributed by atoms with van der Waals surface area (Å²) in [6.07, 6.45) is 1.00. The zero-order valence-electron chi connectivity index (χ0n) is 13.2. The predicted octanol–water partition coefficient (Wildman–Crippen LogP) is 2.36. The summed E-state index contributed by atoms with van der Waals surface area (Å²) in [6.45, 7) is 6.38. The Hall–Kier alpha value is -1.60. The van der Waals surface area contributed by atoms with Crippen LogP contribution >= 0.6 is 23.2 Å². The number of nitrogens with zero attached hydrogens (tertiary/aromatic N) is 4. The minimum Gasteiger partial charge on any atom is -0.444 e. The normalized spacial score (nSPS) is 15.8. The van der Waals surface area contributed by atoms with Crippen molar-refractivity contribution in [3.8, 4) is 0 Å². The first-order valence-electron chi connectivity index (χ1n) is 7.08. The van der Waals surface area contributed by atoms with E-state index in [9.17, 15) is 9.59 Å². The highest BCUT2D eigenvalue weighted by Gasteiger charge is 2.30. The molecule has 126 valence electrons. The topological polar surface area (TPSA) is 75.6 Å². The van der Waals surface area contributed by atoms with E-state index in [4.69, 9.17) is 27.9 Å². The fourth-order valence-corrected chi connectivity index (χ4v) is 2.40. The molecule has 0 bridgehead atoms. The van der Waals surface area contributed by atoms with Gasteiger partial charge in [-0.2, -0.15) is 0 Å². The largest absolute Gasteiger partial charge is 0.444 e. The fraction of sp³-hybridized carbons (Fsp3) is 0.571. The molecule has 0 radical (unpaired) electrons. The van der Waals surface area contributed by atoms with Gasteiger partial charge in [-0.05, 0) is 32.4 Å². The molecule has 0 atom stereocenters. The maximum Gasteiger partial charge on any atom is 0.410 e. The third kappa shape index (κ3) is 4.94. The highest BCUT2D eigenvalue weighted by molar-refractivity contribution is 6.32. The smallest absolute Gasteiger partial charge is 0.410 e. The van der Waals surface area contributed by atoms with Gasteiger partial charge in [0.2, 0.25) is 11.2 Å². The van der Waals surface area contributed by atoms with E-state index in [-0.39, 0.29) is 29.4 Å². The molecule has 1 saturated heterocycles. The Balaban J connectivity index is 1.96. The molecule has 0 aromatic carbocycles. The van der Waals surface area contributed by atoms with Crippen molar-refractivity contribution in [2.24, 2.45) is 0 Å². The second kappa shape index (κ2) is 6.88. The van der Waals surface area contributed by atoms with Gasteiger partial charge in [-0.15, -0.1) is 0 Å². The summed E-state index contributed by atoms with van der Waals surface area (Å²) in [5.74, 6) is -0.187. The molecule has 1 aromatic rings. The lowest BCUT2D eigenvalue weighted by Gasteiger charge is -2.35. The van der Waals surface area contributed by atoms with Crippen molar-refractivity contribution >= 4 is 35.2 Å². The number of ether oxygens (including phenoxy) is 1. The summed E-state index contributed by atoms with van der Waals surface area (Å²) in [5, 5.41) is 0.271. The molecule has 1 aliphatic rings. The molecule has 0 spiro atoms. The molecule has 1 fully saturated rings. The number of amides is 2. The van der Waals surface area contributed by atoms with Crippen molar-refractivity contribution in [2.75, 3.05) is 19.6 Å². The second-order valence-corrected chi connectivity index (χ2v) is 6.87. The minimum atomic E-state index is -0.592. The van der Waals surface area contributed by atoms with Crippen LogP contribution in [0.3, 0.4) is 0 Å².